The first-order chi connectivity index (χ1) is 17.2. The first kappa shape index (κ1) is 26.5. The molecule has 0 amide bonds. The van der Waals surface area contributed by atoms with Gasteiger partial charge in [0, 0.05) is 30.1 Å². The second-order valence-corrected chi connectivity index (χ2v) is 12.6. The molecule has 2 saturated carbocycles. The monoisotopic (exact) mass is 517 g/mol. The molecule has 1 aromatic heterocycles. The summed E-state index contributed by atoms with van der Waals surface area (Å²) in [6, 6.07) is 0. The highest BCUT2D eigenvalue weighted by Crippen LogP contribution is 2.70. The van der Waals surface area contributed by atoms with Gasteiger partial charge in [0.2, 0.25) is 6.41 Å². The van der Waals surface area contributed by atoms with Crippen molar-refractivity contribution in [2.24, 2.45) is 16.7 Å². The molecular weight excluding hydrogens is 478 g/mol. The summed E-state index contributed by atoms with van der Waals surface area (Å²) >= 11 is 0. The number of rotatable bonds is 3. The minimum Gasteiger partial charge on any atom is -0.440 e. The molecule has 4 aliphatic rings. The summed E-state index contributed by atoms with van der Waals surface area (Å²) in [6.07, 6.45) is 2.95. The Hall–Kier alpha value is -2.11. The number of aromatic nitrogens is 2. The van der Waals surface area contributed by atoms with Gasteiger partial charge in [0.1, 0.15) is 11.9 Å². The molecule has 4 fully saturated rings. The second-order valence-electron chi connectivity index (χ2n) is 12.6. The van der Waals surface area contributed by atoms with Gasteiger partial charge in [-0.1, -0.05) is 26.8 Å². The van der Waals surface area contributed by atoms with Crippen LogP contribution in [0.2, 0.25) is 0 Å². The summed E-state index contributed by atoms with van der Waals surface area (Å²) in [5.41, 5.74) is -5.62. The third kappa shape index (κ3) is 3.32. The maximum absolute atomic E-state index is 14.6. The zero-order valence-corrected chi connectivity index (χ0v) is 22.8. The van der Waals surface area contributed by atoms with Crippen LogP contribution in [0.5, 0.6) is 0 Å². The van der Waals surface area contributed by atoms with Crippen molar-refractivity contribution in [1.82, 2.24) is 14.5 Å². The van der Waals surface area contributed by atoms with Crippen LogP contribution in [0, 0.1) is 16.7 Å². The van der Waals surface area contributed by atoms with Crippen LogP contribution in [0.4, 0.5) is 4.79 Å². The van der Waals surface area contributed by atoms with Crippen molar-refractivity contribution in [3.05, 3.63) is 31.4 Å². The van der Waals surface area contributed by atoms with Gasteiger partial charge in [0.05, 0.1) is 17.8 Å². The number of carbonyl (C=O) groups excluding carboxylic acids is 2. The van der Waals surface area contributed by atoms with E-state index in [-0.39, 0.29) is 12.2 Å². The van der Waals surface area contributed by atoms with Crippen LogP contribution in [0.15, 0.2) is 31.4 Å². The zero-order chi connectivity index (χ0) is 27.2. The van der Waals surface area contributed by atoms with E-state index in [2.05, 4.69) is 25.4 Å². The number of hydrogen-bond donors (Lipinski definition) is 1. The molecule has 1 N–H and O–H groups in total. The SMILES string of the molecule is C=C[C@@]1(C)CC(=O)[C@@]23OC(N(C)C)O[C@H]4CCC(C)(C)C([C@H](O)[C@H](OC(=O)n5ccnc5)[C@@]2(C)O1)[C@]43C. The summed E-state index contributed by atoms with van der Waals surface area (Å²) in [5.74, 6) is -0.680. The number of ether oxygens (including phenoxy) is 4. The van der Waals surface area contributed by atoms with Gasteiger partial charge in [-0.05, 0) is 46.2 Å². The Labute approximate surface area is 217 Å². The molecule has 1 spiro atoms. The molecule has 0 bridgehead atoms. The Morgan fingerprint density at radius 3 is 2.59 bits per heavy atom. The number of carbonyl (C=O) groups is 2. The van der Waals surface area contributed by atoms with Gasteiger partial charge in [-0.15, -0.1) is 6.58 Å². The summed E-state index contributed by atoms with van der Waals surface area (Å²) in [4.78, 5) is 33.5. The van der Waals surface area contributed by atoms with E-state index in [1.54, 1.807) is 24.8 Å². The lowest BCUT2D eigenvalue weighted by Crippen LogP contribution is -2.89. The molecule has 0 aromatic carbocycles. The lowest BCUT2D eigenvalue weighted by molar-refractivity contribution is -0.456. The molecule has 10 nitrogen and oxygen atoms in total. The van der Waals surface area contributed by atoms with Gasteiger partial charge in [-0.25, -0.2) is 14.3 Å². The molecule has 1 aromatic rings. The van der Waals surface area contributed by atoms with Crippen molar-refractivity contribution < 1.29 is 33.6 Å². The van der Waals surface area contributed by atoms with Crippen molar-refractivity contribution in [3.63, 3.8) is 0 Å². The number of aliphatic hydroxyl groups is 1. The van der Waals surface area contributed by atoms with E-state index in [4.69, 9.17) is 18.9 Å². The quantitative estimate of drug-likeness (QED) is 0.605. The number of Topliss-reactive ketones (excluding diaryl/α,β-unsaturated/α-hetero) is 1. The third-order valence-corrected chi connectivity index (χ3v) is 9.56. The normalized spacial score (nSPS) is 46.6. The van der Waals surface area contributed by atoms with Crippen LogP contribution >= 0.6 is 0 Å². The Morgan fingerprint density at radius 1 is 1.30 bits per heavy atom. The molecule has 9 atom stereocenters. The molecule has 204 valence electrons. The topological polar surface area (TPSA) is 112 Å². The van der Waals surface area contributed by atoms with E-state index >= 15 is 0 Å². The standard InChI is InChI=1S/C27H39N3O7/c1-9-24(4)14-16(31)27-25(5)17(34-22(36-27)29(7)8)10-11-23(2,3)19(25)18(32)20(26(27,6)37-24)35-21(33)30-13-12-28-15-30/h9,12-13,15,17-20,22,32H,1,10-11,14H2,2-8H3/t17-,18-,19?,20-,22?,24-,25-,26+,27-/m0/s1. The lowest BCUT2D eigenvalue weighted by atomic mass is 9.39. The smallest absolute Gasteiger partial charge is 0.419 e. The lowest BCUT2D eigenvalue weighted by Gasteiger charge is -2.74. The predicted molar refractivity (Wildman–Crippen MR) is 132 cm³/mol. The molecule has 0 radical (unpaired) electrons. The van der Waals surface area contributed by atoms with Gasteiger partial charge in [0.25, 0.3) is 0 Å². The van der Waals surface area contributed by atoms with Crippen LogP contribution in [0.1, 0.15) is 53.9 Å². The Morgan fingerprint density at radius 2 is 2.00 bits per heavy atom. The molecule has 2 aliphatic heterocycles. The predicted octanol–water partition coefficient (Wildman–Crippen LogP) is 2.75. The highest BCUT2D eigenvalue weighted by molar-refractivity contribution is 5.93. The minimum atomic E-state index is -1.58. The van der Waals surface area contributed by atoms with Crippen molar-refractivity contribution in [3.8, 4) is 0 Å². The third-order valence-electron chi connectivity index (χ3n) is 9.56. The number of aliphatic hydroxyl groups excluding tert-OH is 1. The van der Waals surface area contributed by atoms with Gasteiger partial charge in [0.15, 0.2) is 17.5 Å². The van der Waals surface area contributed by atoms with Gasteiger partial charge in [-0.2, -0.15) is 0 Å². The molecule has 37 heavy (non-hydrogen) atoms. The summed E-state index contributed by atoms with van der Waals surface area (Å²) in [5, 5.41) is 12.1. The van der Waals surface area contributed by atoms with Crippen molar-refractivity contribution in [2.45, 2.75) is 95.4 Å². The van der Waals surface area contributed by atoms with Crippen LogP contribution in [0.25, 0.3) is 0 Å². The number of nitrogens with zero attached hydrogens (tertiary/aromatic N) is 3. The average molecular weight is 518 g/mol. The van der Waals surface area contributed by atoms with E-state index < -0.39 is 64.4 Å². The Bertz CT molecular complexity index is 1110. The molecule has 5 rings (SSSR count). The Kier molecular flexibility index (Phi) is 5.87. The number of imidazole rings is 1. The number of ketones is 1. The fourth-order valence-electron chi connectivity index (χ4n) is 8.04. The van der Waals surface area contributed by atoms with E-state index in [0.29, 0.717) is 6.42 Å². The maximum atomic E-state index is 14.6. The average Bonchev–Trinajstić information content (AvgIpc) is 3.34. The van der Waals surface area contributed by atoms with E-state index in [9.17, 15) is 14.7 Å². The second kappa shape index (κ2) is 8.19. The van der Waals surface area contributed by atoms with Gasteiger partial charge < -0.3 is 24.1 Å². The molecule has 2 saturated heterocycles. The molecular formula is C27H39N3O7. The minimum absolute atomic E-state index is 0.0278. The van der Waals surface area contributed by atoms with E-state index in [0.717, 1.165) is 6.42 Å². The fraction of sp³-hybridized carbons (Fsp3) is 0.741. The number of hydrogen-bond acceptors (Lipinski definition) is 9. The first-order valence-electron chi connectivity index (χ1n) is 12.9. The zero-order valence-electron chi connectivity index (χ0n) is 22.8. The molecule has 2 aliphatic carbocycles. The van der Waals surface area contributed by atoms with Crippen LogP contribution < -0.4 is 0 Å². The van der Waals surface area contributed by atoms with Gasteiger partial charge >= 0.3 is 6.09 Å². The van der Waals surface area contributed by atoms with Crippen LogP contribution in [0.3, 0.4) is 0 Å². The van der Waals surface area contributed by atoms with Crippen LogP contribution in [-0.2, 0) is 23.7 Å². The van der Waals surface area contributed by atoms with Crippen molar-refractivity contribution in [2.75, 3.05) is 14.1 Å². The summed E-state index contributed by atoms with van der Waals surface area (Å²) in [7, 11) is 3.64. The highest BCUT2D eigenvalue weighted by Gasteiger charge is 2.84. The molecule has 2 unspecified atom stereocenters. The maximum Gasteiger partial charge on any atom is 0.419 e. The van der Waals surface area contributed by atoms with Gasteiger partial charge in [-0.3, -0.25) is 9.69 Å². The van der Waals surface area contributed by atoms with Crippen molar-refractivity contribution >= 4 is 11.9 Å². The first-order valence-corrected chi connectivity index (χ1v) is 12.9. The Balaban J connectivity index is 1.77. The molecule has 3 heterocycles. The van der Waals surface area contributed by atoms with Crippen molar-refractivity contribution in [1.29, 1.82) is 0 Å². The fourth-order valence-corrected chi connectivity index (χ4v) is 8.04. The molecule has 10 heteroatoms. The van der Waals surface area contributed by atoms with E-state index in [1.807, 2.05) is 21.0 Å². The summed E-state index contributed by atoms with van der Waals surface area (Å²) < 4.78 is 27.2. The largest absolute Gasteiger partial charge is 0.440 e. The van der Waals surface area contributed by atoms with E-state index in [1.165, 1.54) is 23.3 Å². The summed E-state index contributed by atoms with van der Waals surface area (Å²) in [6.45, 7) is 13.5. The highest BCUT2D eigenvalue weighted by atomic mass is 16.7. The van der Waals surface area contributed by atoms with Crippen LogP contribution in [-0.4, -0.2) is 87.1 Å².